The van der Waals surface area contributed by atoms with Crippen molar-refractivity contribution in [2.45, 2.75) is 0 Å². The van der Waals surface area contributed by atoms with Crippen LogP contribution in [0.4, 0.5) is 0 Å². The summed E-state index contributed by atoms with van der Waals surface area (Å²) in [5.74, 6) is 0. The van der Waals surface area contributed by atoms with E-state index in [1.165, 1.54) is 0 Å². The van der Waals surface area contributed by atoms with E-state index < -0.39 is 124 Å². The van der Waals surface area contributed by atoms with Crippen LogP contribution in [0.25, 0.3) is 0 Å². The van der Waals surface area contributed by atoms with Gasteiger partial charge in [-0.05, 0) is 0 Å². The molecule has 133 valence electrons. The van der Waals surface area contributed by atoms with E-state index in [0.29, 0.717) is 0 Å². The summed E-state index contributed by atoms with van der Waals surface area (Å²) in [5, 5.41) is 0. The van der Waals surface area contributed by atoms with Gasteiger partial charge in [0, 0.05) is 0 Å². The van der Waals surface area contributed by atoms with Gasteiger partial charge < -0.3 is 0 Å². The molecule has 27 heteroatoms. The predicted octanol–water partition coefficient (Wildman–Crippen LogP) is -14.3. The summed E-state index contributed by atoms with van der Waals surface area (Å²) in [5.41, 5.74) is 0. The molecule has 0 fully saturated rings. The Labute approximate surface area is 287 Å². The standard InChI is InChI=1S/8Al.Ba.Ca.Ir.16O/q;;;;;;;;2*+2;+4;;;;;;;;;8*-1. The van der Waals surface area contributed by atoms with Gasteiger partial charge in [-0.2, -0.15) is 0 Å². The molecule has 27 heavy (non-hydrogen) atoms. The molecule has 0 saturated heterocycles. The zero-order chi connectivity index (χ0) is 21.7. The van der Waals surface area contributed by atoms with Crippen LogP contribution in [0.15, 0.2) is 0 Å². The van der Waals surface area contributed by atoms with E-state index in [0.717, 1.165) is 0 Å². The van der Waals surface area contributed by atoms with Gasteiger partial charge in [-0.25, -0.2) is 0 Å². The SMILES string of the molecule is [Ba+2].[Ca+2].[Ir+4].[O]=[Al][O-].[O]=[Al][O-].[O]=[Al][O-].[O]=[Al][O-].[O]=[Al][O-].[O]=[Al][O-].[O]=[Al][O-].[O]=[Al][O-]. The minimum absolute atomic E-state index is 0. The fourth-order valence-corrected chi connectivity index (χ4v) is 0. The van der Waals surface area contributed by atoms with Crippen molar-refractivity contribution in [2.24, 2.45) is 0 Å². The van der Waals surface area contributed by atoms with E-state index >= 15 is 0 Å². The van der Waals surface area contributed by atoms with Gasteiger partial charge in [0.15, 0.2) is 0 Å². The average Bonchev–Trinajstić information content (AvgIpc) is 2.45. The fourth-order valence-electron chi connectivity index (χ4n) is 0. The van der Waals surface area contributed by atoms with Crippen molar-refractivity contribution in [3.63, 3.8) is 0 Å². The first-order valence-electron chi connectivity index (χ1n) is 3.77. The molecule has 16 nitrogen and oxygen atoms in total. The summed E-state index contributed by atoms with van der Waals surface area (Å²) in [4.78, 5) is 0. The van der Waals surface area contributed by atoms with Crippen molar-refractivity contribution < 1.29 is 83.8 Å². The maximum atomic E-state index is 8.46. The molecule has 0 aliphatic rings. The molecule has 0 aromatic carbocycles. The van der Waals surface area contributed by atoms with Crippen molar-refractivity contribution in [2.75, 3.05) is 0 Å². The van der Waals surface area contributed by atoms with E-state index in [1.54, 1.807) is 0 Å². The Hall–Kier alpha value is 4.54. The molecule has 0 bridgehead atoms. The minimum atomic E-state index is -1.75. The van der Waals surface area contributed by atoms with Crippen molar-refractivity contribution in [3.05, 3.63) is 0 Å². The summed E-state index contributed by atoms with van der Waals surface area (Å²) < 4.78 is 135. The second-order valence-corrected chi connectivity index (χ2v) is 2.31. The third kappa shape index (κ3) is 1210. The summed E-state index contributed by atoms with van der Waals surface area (Å²) in [6.07, 6.45) is 0. The van der Waals surface area contributed by atoms with Gasteiger partial charge in [-0.3, -0.25) is 0 Å². The molecule has 1 radical (unpaired) electrons. The van der Waals surface area contributed by atoms with Gasteiger partial charge in [0.25, 0.3) is 0 Å². The van der Waals surface area contributed by atoms with Crippen LogP contribution >= 0.6 is 0 Å². The average molecular weight is 841 g/mol. The topological polar surface area (TPSA) is 321 Å². The van der Waals surface area contributed by atoms with Gasteiger partial charge in [0.2, 0.25) is 0 Å². The van der Waals surface area contributed by atoms with Crippen LogP contribution in [0.2, 0.25) is 0 Å². The first-order chi connectivity index (χ1) is 11.3. The van der Waals surface area contributed by atoms with Crippen LogP contribution in [0.5, 0.6) is 0 Å². The Morgan fingerprint density at radius 1 is 0.333 bits per heavy atom. The summed E-state index contributed by atoms with van der Waals surface area (Å²) in [7, 11) is 0. The third-order valence-corrected chi connectivity index (χ3v) is 0. The van der Waals surface area contributed by atoms with Gasteiger partial charge in [0.05, 0.1) is 0 Å². The first-order valence-corrected chi connectivity index (χ1v) is 11.3. The molecular weight excluding hydrogens is 841 g/mol. The van der Waals surface area contributed by atoms with Gasteiger partial charge in [-0.15, -0.1) is 0 Å². The molecule has 0 rings (SSSR count). The summed E-state index contributed by atoms with van der Waals surface area (Å²) in [6, 6.07) is 0. The van der Waals surface area contributed by atoms with Gasteiger partial charge in [-0.1, -0.05) is 0 Å². The summed E-state index contributed by atoms with van der Waals surface area (Å²) >= 11 is -14.0. The number of hydrogen-bond donors (Lipinski definition) is 0. The maximum absolute atomic E-state index is 8.46. The molecular formula is Al8BaCaIrO16. The second kappa shape index (κ2) is 169. The van der Waals surface area contributed by atoms with Crippen molar-refractivity contribution in [1.29, 1.82) is 0 Å². The van der Waals surface area contributed by atoms with Crippen molar-refractivity contribution in [1.82, 2.24) is 0 Å². The van der Waals surface area contributed by atoms with Crippen LogP contribution in [0.3, 0.4) is 0 Å². The molecule has 0 heterocycles. The second-order valence-electron chi connectivity index (χ2n) is 0.770. The molecule has 0 aromatic heterocycles. The molecule has 0 amide bonds. The molecule has 0 aliphatic heterocycles. The fraction of sp³-hybridized carbons (Fsp3) is 0. The van der Waals surface area contributed by atoms with Crippen LogP contribution in [0, 0.1) is 0 Å². The summed E-state index contributed by atoms with van der Waals surface area (Å²) in [6.45, 7) is 0. The Morgan fingerprint density at radius 3 is 0.333 bits per heavy atom. The monoisotopic (exact) mass is 843 g/mol. The van der Waals surface area contributed by atoms with E-state index in [-0.39, 0.29) is 107 Å². The zero-order valence-corrected chi connectivity index (χ0v) is 31.2. The van der Waals surface area contributed by atoms with Crippen LogP contribution in [-0.2, 0) is 50.5 Å². The molecule has 0 saturated carbocycles. The van der Waals surface area contributed by atoms with E-state index in [9.17, 15) is 0 Å². The molecule has 0 atom stereocenters. The molecule has 0 unspecified atom stereocenters. The Balaban J connectivity index is -0.0000000119. The quantitative estimate of drug-likeness (QED) is 0.204. The van der Waals surface area contributed by atoms with Crippen LogP contribution < -0.4 is 33.3 Å². The Kier molecular flexibility index (Phi) is 438. The number of hydrogen-bond acceptors (Lipinski definition) is 16. The van der Waals surface area contributed by atoms with E-state index in [1.807, 2.05) is 0 Å². The third-order valence-electron chi connectivity index (χ3n) is 0. The Bertz CT molecular complexity index is 172. The van der Waals surface area contributed by atoms with Gasteiger partial charge >= 0.3 is 294 Å². The first kappa shape index (κ1) is 69.7. The van der Waals surface area contributed by atoms with E-state index in [4.69, 9.17) is 63.7 Å². The molecule has 0 N–H and O–H groups in total. The van der Waals surface area contributed by atoms with Crippen LogP contribution in [-0.4, -0.2) is 211 Å². The molecule has 0 aliphatic carbocycles. The predicted molar refractivity (Wildman–Crippen MR) is 63.0 cm³/mol. The van der Waals surface area contributed by atoms with Gasteiger partial charge in [0.1, 0.15) is 0 Å². The molecule has 0 aromatic rings. The van der Waals surface area contributed by atoms with E-state index in [2.05, 4.69) is 0 Å². The van der Waals surface area contributed by atoms with Crippen molar-refractivity contribution in [3.8, 4) is 0 Å². The number of rotatable bonds is 0. The van der Waals surface area contributed by atoms with Crippen molar-refractivity contribution >= 4 is 211 Å². The molecule has 0 spiro atoms. The zero-order valence-electron chi connectivity index (χ0n) is 12.9. The Morgan fingerprint density at radius 2 is 0.333 bits per heavy atom. The van der Waals surface area contributed by atoms with Crippen LogP contribution in [0.1, 0.15) is 0 Å². The normalized spacial score (nSPS) is 2.37.